The number of nitrogen functional groups attached to an aromatic ring is 1. The van der Waals surface area contributed by atoms with Gasteiger partial charge in [0.1, 0.15) is 16.6 Å². The van der Waals surface area contributed by atoms with Gasteiger partial charge in [0.25, 0.3) is 0 Å². The second kappa shape index (κ2) is 3.94. The summed E-state index contributed by atoms with van der Waals surface area (Å²) in [7, 11) is 0. The average Bonchev–Trinajstić information content (AvgIpc) is 2.96. The molecule has 0 bridgehead atoms. The molecule has 1 saturated carbocycles. The van der Waals surface area contributed by atoms with Gasteiger partial charge >= 0.3 is 0 Å². The molecule has 1 heterocycles. The molecule has 0 saturated heterocycles. The quantitative estimate of drug-likeness (QED) is 0.575. The predicted octanol–water partition coefficient (Wildman–Crippen LogP) is 1.74. The van der Waals surface area contributed by atoms with Crippen LogP contribution in [-0.2, 0) is 0 Å². The molecule has 0 radical (unpaired) electrons. The lowest BCUT2D eigenvalue weighted by molar-refractivity contribution is 0.609. The van der Waals surface area contributed by atoms with Crippen molar-refractivity contribution in [2.24, 2.45) is 11.3 Å². The van der Waals surface area contributed by atoms with Gasteiger partial charge < -0.3 is 10.7 Å². The average molecular weight is 272 g/mol. The highest BCUT2D eigenvalue weighted by Gasteiger charge is 2.37. The third-order valence-electron chi connectivity index (χ3n) is 2.71. The van der Waals surface area contributed by atoms with Crippen molar-refractivity contribution in [1.29, 1.82) is 0 Å². The minimum Gasteiger partial charge on any atom is -0.368 e. The molecular weight excluding hydrogens is 258 g/mol. The molecule has 0 aromatic carbocycles. The Morgan fingerprint density at radius 1 is 1.47 bits per heavy atom. The van der Waals surface area contributed by atoms with Gasteiger partial charge in [0.05, 0.1) is 0 Å². The van der Waals surface area contributed by atoms with Gasteiger partial charge in [0.2, 0.25) is 0 Å². The van der Waals surface area contributed by atoms with Crippen molar-refractivity contribution in [2.75, 3.05) is 17.3 Å². The summed E-state index contributed by atoms with van der Waals surface area (Å²) in [5.74, 6) is 6.69. The molecule has 4 N–H and O–H groups in total. The van der Waals surface area contributed by atoms with Crippen molar-refractivity contribution in [2.45, 2.75) is 19.8 Å². The van der Waals surface area contributed by atoms with Crippen LogP contribution < -0.4 is 16.6 Å². The number of nitrogens with zero attached hydrogens (tertiary/aromatic N) is 2. The molecule has 0 unspecified atom stereocenters. The third-order valence-corrected chi connectivity index (χ3v) is 3.46. The smallest absolute Gasteiger partial charge is 0.159 e. The van der Waals surface area contributed by atoms with E-state index in [9.17, 15) is 0 Å². The van der Waals surface area contributed by atoms with Gasteiger partial charge in [-0.15, -0.1) is 0 Å². The first kappa shape index (κ1) is 10.6. The van der Waals surface area contributed by atoms with Gasteiger partial charge in [0, 0.05) is 6.54 Å². The normalized spacial score (nSPS) is 17.3. The minimum absolute atomic E-state index is 0.445. The maximum atomic E-state index is 5.32. The zero-order valence-corrected chi connectivity index (χ0v) is 10.1. The molecule has 5 nitrogen and oxygen atoms in total. The van der Waals surface area contributed by atoms with E-state index in [0.29, 0.717) is 11.2 Å². The molecule has 0 atom stereocenters. The fourth-order valence-electron chi connectivity index (χ4n) is 1.28. The van der Waals surface area contributed by atoms with Crippen molar-refractivity contribution in [3.05, 3.63) is 10.8 Å². The largest absolute Gasteiger partial charge is 0.368 e. The van der Waals surface area contributed by atoms with E-state index in [-0.39, 0.29) is 0 Å². The lowest BCUT2D eigenvalue weighted by atomic mass is 10.1. The number of aromatic nitrogens is 2. The third kappa shape index (κ3) is 2.38. The number of anilines is 2. The Labute approximate surface area is 97.0 Å². The Morgan fingerprint density at radius 3 is 2.73 bits per heavy atom. The standard InChI is InChI=1S/C9H14BrN5/c1-9(2-3-9)4-12-7-6(10)8(15-11)14-5-13-7/h5H,2-4,11H2,1H3,(H2,12,13,14,15). The van der Waals surface area contributed by atoms with Crippen LogP contribution in [0.15, 0.2) is 10.8 Å². The summed E-state index contributed by atoms with van der Waals surface area (Å²) < 4.78 is 0.775. The van der Waals surface area contributed by atoms with Crippen LogP contribution in [0, 0.1) is 5.41 Å². The topological polar surface area (TPSA) is 75.9 Å². The van der Waals surface area contributed by atoms with E-state index in [0.717, 1.165) is 16.8 Å². The molecule has 82 valence electrons. The summed E-state index contributed by atoms with van der Waals surface area (Å²) in [6, 6.07) is 0. The number of nitrogens with one attached hydrogen (secondary N) is 2. The second-order valence-corrected chi connectivity index (χ2v) is 4.99. The molecule has 6 heteroatoms. The maximum absolute atomic E-state index is 5.32. The van der Waals surface area contributed by atoms with E-state index in [1.807, 2.05) is 0 Å². The van der Waals surface area contributed by atoms with Crippen molar-refractivity contribution in [1.82, 2.24) is 9.97 Å². The van der Waals surface area contributed by atoms with Crippen LogP contribution >= 0.6 is 15.9 Å². The molecule has 15 heavy (non-hydrogen) atoms. The Hall–Kier alpha value is -0.880. The van der Waals surface area contributed by atoms with Gasteiger partial charge in [-0.05, 0) is 34.2 Å². The molecule has 0 amide bonds. The summed E-state index contributed by atoms with van der Waals surface area (Å²) >= 11 is 3.40. The van der Waals surface area contributed by atoms with Crippen LogP contribution in [0.4, 0.5) is 11.6 Å². The van der Waals surface area contributed by atoms with E-state index in [1.165, 1.54) is 19.2 Å². The Kier molecular flexibility index (Phi) is 2.79. The number of hydrogen-bond donors (Lipinski definition) is 3. The molecule has 0 aliphatic heterocycles. The van der Waals surface area contributed by atoms with Gasteiger partial charge in [-0.3, -0.25) is 0 Å². The highest BCUT2D eigenvalue weighted by atomic mass is 79.9. The number of rotatable bonds is 4. The Balaban J connectivity index is 2.07. The monoisotopic (exact) mass is 271 g/mol. The van der Waals surface area contributed by atoms with E-state index >= 15 is 0 Å². The highest BCUT2D eigenvalue weighted by molar-refractivity contribution is 9.10. The minimum atomic E-state index is 0.445. The van der Waals surface area contributed by atoms with Crippen LogP contribution in [0.2, 0.25) is 0 Å². The number of hydrazine groups is 1. The molecule has 0 spiro atoms. The lowest BCUT2D eigenvalue weighted by Crippen LogP contribution is -2.15. The molecule has 1 aromatic rings. The number of nitrogens with two attached hydrogens (primary N) is 1. The molecule has 1 aliphatic rings. The SMILES string of the molecule is CC1(CNc2ncnc(NN)c2Br)CC1. The Bertz CT molecular complexity index is 364. The van der Waals surface area contributed by atoms with Crippen molar-refractivity contribution in [3.63, 3.8) is 0 Å². The van der Waals surface area contributed by atoms with Crippen molar-refractivity contribution >= 4 is 27.6 Å². The zero-order chi connectivity index (χ0) is 10.9. The van der Waals surface area contributed by atoms with Crippen LogP contribution in [-0.4, -0.2) is 16.5 Å². The van der Waals surface area contributed by atoms with Gasteiger partial charge in [-0.2, -0.15) is 0 Å². The van der Waals surface area contributed by atoms with E-state index in [4.69, 9.17) is 5.84 Å². The van der Waals surface area contributed by atoms with E-state index in [2.05, 4.69) is 43.6 Å². The van der Waals surface area contributed by atoms with Crippen LogP contribution in [0.1, 0.15) is 19.8 Å². The van der Waals surface area contributed by atoms with E-state index < -0.39 is 0 Å². The van der Waals surface area contributed by atoms with Gasteiger partial charge in [-0.1, -0.05) is 6.92 Å². The van der Waals surface area contributed by atoms with Crippen molar-refractivity contribution < 1.29 is 0 Å². The van der Waals surface area contributed by atoms with Crippen LogP contribution in [0.25, 0.3) is 0 Å². The Morgan fingerprint density at radius 2 is 2.13 bits per heavy atom. The first-order valence-corrected chi connectivity index (χ1v) is 5.65. The second-order valence-electron chi connectivity index (χ2n) is 4.19. The van der Waals surface area contributed by atoms with Gasteiger partial charge in [-0.25, -0.2) is 15.8 Å². The molecule has 1 fully saturated rings. The molecular formula is C9H14BrN5. The predicted molar refractivity (Wildman–Crippen MR) is 63.4 cm³/mol. The summed E-state index contributed by atoms with van der Waals surface area (Å²) in [5.41, 5.74) is 2.96. The van der Waals surface area contributed by atoms with Crippen LogP contribution in [0.3, 0.4) is 0 Å². The summed E-state index contributed by atoms with van der Waals surface area (Å²) in [5, 5.41) is 3.30. The van der Waals surface area contributed by atoms with Gasteiger partial charge in [0.15, 0.2) is 5.82 Å². The molecule has 1 aromatic heterocycles. The fraction of sp³-hybridized carbons (Fsp3) is 0.556. The molecule has 2 rings (SSSR count). The maximum Gasteiger partial charge on any atom is 0.159 e. The number of halogens is 1. The fourth-order valence-corrected chi connectivity index (χ4v) is 1.74. The molecule has 1 aliphatic carbocycles. The van der Waals surface area contributed by atoms with E-state index in [1.54, 1.807) is 0 Å². The summed E-state index contributed by atoms with van der Waals surface area (Å²) in [6.07, 6.45) is 4.05. The first-order valence-electron chi connectivity index (χ1n) is 4.86. The highest BCUT2D eigenvalue weighted by Crippen LogP contribution is 2.45. The zero-order valence-electron chi connectivity index (χ0n) is 8.55. The van der Waals surface area contributed by atoms with Crippen LogP contribution in [0.5, 0.6) is 0 Å². The summed E-state index contributed by atoms with van der Waals surface area (Å²) in [6.45, 7) is 3.20. The van der Waals surface area contributed by atoms with Crippen molar-refractivity contribution in [3.8, 4) is 0 Å². The summed E-state index contributed by atoms with van der Waals surface area (Å²) in [4.78, 5) is 8.14. The number of hydrogen-bond acceptors (Lipinski definition) is 5. The lowest BCUT2D eigenvalue weighted by Gasteiger charge is -2.12. The first-order chi connectivity index (χ1) is 7.14.